The Balaban J connectivity index is 1.84. The van der Waals surface area contributed by atoms with Gasteiger partial charge in [0.15, 0.2) is 0 Å². The molecule has 3 rings (SSSR count). The minimum absolute atomic E-state index is 0.0740. The molecule has 1 aromatic heterocycles. The Bertz CT molecular complexity index is 814. The average Bonchev–Trinajstić information content (AvgIpc) is 2.78. The predicted molar refractivity (Wildman–Crippen MR) is 84.8 cm³/mol. The minimum Gasteiger partial charge on any atom is -0.323 e. The lowest BCUT2D eigenvalue weighted by Crippen LogP contribution is -2.19. The number of benzene rings is 2. The summed E-state index contributed by atoms with van der Waals surface area (Å²) >= 11 is 12.1. The SMILES string of the molecule is O=C(Cn1c(Cl)nc2ccccc21)Nc1ccccc1Cl. The maximum absolute atomic E-state index is 12.2. The Hall–Kier alpha value is -2.04. The number of rotatable bonds is 3. The van der Waals surface area contributed by atoms with Gasteiger partial charge in [-0.15, -0.1) is 0 Å². The summed E-state index contributed by atoms with van der Waals surface area (Å²) in [7, 11) is 0. The van der Waals surface area contributed by atoms with Crippen LogP contribution in [0.15, 0.2) is 48.5 Å². The number of carbonyl (C=O) groups excluding carboxylic acids is 1. The molecule has 106 valence electrons. The number of halogens is 2. The van der Waals surface area contributed by atoms with Crippen LogP contribution < -0.4 is 5.32 Å². The maximum Gasteiger partial charge on any atom is 0.244 e. The van der Waals surface area contributed by atoms with Crippen LogP contribution in [-0.4, -0.2) is 15.5 Å². The Morgan fingerprint density at radius 3 is 2.62 bits per heavy atom. The van der Waals surface area contributed by atoms with Crippen molar-refractivity contribution in [1.29, 1.82) is 0 Å². The Morgan fingerprint density at radius 2 is 1.81 bits per heavy atom. The second-order valence-electron chi connectivity index (χ2n) is 4.48. The Morgan fingerprint density at radius 1 is 1.10 bits per heavy atom. The van der Waals surface area contributed by atoms with Crippen molar-refractivity contribution in [3.05, 3.63) is 58.8 Å². The van der Waals surface area contributed by atoms with Gasteiger partial charge in [0, 0.05) is 0 Å². The van der Waals surface area contributed by atoms with E-state index in [1.165, 1.54) is 0 Å². The number of aromatic nitrogens is 2. The molecule has 0 aliphatic rings. The van der Waals surface area contributed by atoms with Crippen molar-refractivity contribution in [2.45, 2.75) is 6.54 Å². The highest BCUT2D eigenvalue weighted by Gasteiger charge is 2.12. The second-order valence-corrected chi connectivity index (χ2v) is 5.23. The van der Waals surface area contributed by atoms with Crippen LogP contribution >= 0.6 is 23.2 Å². The first kappa shape index (κ1) is 13.9. The lowest BCUT2D eigenvalue weighted by Gasteiger charge is -2.08. The van der Waals surface area contributed by atoms with Crippen molar-refractivity contribution in [3.8, 4) is 0 Å². The van der Waals surface area contributed by atoms with E-state index in [2.05, 4.69) is 10.3 Å². The number of imidazole rings is 1. The van der Waals surface area contributed by atoms with Crippen LogP contribution in [0.1, 0.15) is 0 Å². The average molecular weight is 320 g/mol. The molecule has 0 fully saturated rings. The van der Waals surface area contributed by atoms with Gasteiger partial charge in [-0.1, -0.05) is 35.9 Å². The van der Waals surface area contributed by atoms with Crippen molar-refractivity contribution in [3.63, 3.8) is 0 Å². The van der Waals surface area contributed by atoms with Crippen LogP contribution in [0.3, 0.4) is 0 Å². The fraction of sp³-hybridized carbons (Fsp3) is 0.0667. The van der Waals surface area contributed by atoms with E-state index in [1.807, 2.05) is 24.3 Å². The molecule has 1 N–H and O–H groups in total. The van der Waals surface area contributed by atoms with Gasteiger partial charge in [0.1, 0.15) is 6.54 Å². The number of para-hydroxylation sites is 3. The summed E-state index contributed by atoms with van der Waals surface area (Å²) in [6.45, 7) is 0.0740. The van der Waals surface area contributed by atoms with Crippen molar-refractivity contribution in [2.24, 2.45) is 0 Å². The summed E-state index contributed by atoms with van der Waals surface area (Å²) in [6, 6.07) is 14.5. The lowest BCUT2D eigenvalue weighted by atomic mass is 10.3. The third kappa shape index (κ3) is 2.86. The number of nitrogens with zero attached hydrogens (tertiary/aromatic N) is 2. The molecule has 0 radical (unpaired) electrons. The van der Waals surface area contributed by atoms with E-state index < -0.39 is 0 Å². The number of hydrogen-bond donors (Lipinski definition) is 1. The van der Waals surface area contributed by atoms with E-state index in [-0.39, 0.29) is 17.7 Å². The molecule has 0 atom stereocenters. The van der Waals surface area contributed by atoms with E-state index in [0.717, 1.165) is 11.0 Å². The molecule has 0 aliphatic heterocycles. The van der Waals surface area contributed by atoms with Crippen LogP contribution in [0.5, 0.6) is 0 Å². The number of carbonyl (C=O) groups is 1. The zero-order valence-electron chi connectivity index (χ0n) is 10.9. The maximum atomic E-state index is 12.2. The fourth-order valence-corrected chi connectivity index (χ4v) is 2.52. The molecule has 0 bridgehead atoms. The highest BCUT2D eigenvalue weighted by molar-refractivity contribution is 6.33. The van der Waals surface area contributed by atoms with Crippen LogP contribution in [0.4, 0.5) is 5.69 Å². The van der Waals surface area contributed by atoms with Crippen LogP contribution in [0.2, 0.25) is 10.3 Å². The molecule has 4 nitrogen and oxygen atoms in total. The molecular weight excluding hydrogens is 309 g/mol. The summed E-state index contributed by atoms with van der Waals surface area (Å²) in [5.41, 5.74) is 2.15. The molecule has 0 aliphatic carbocycles. The molecule has 0 unspecified atom stereocenters. The van der Waals surface area contributed by atoms with Gasteiger partial charge in [0.2, 0.25) is 11.2 Å². The molecule has 0 spiro atoms. The number of fused-ring (bicyclic) bond motifs is 1. The van der Waals surface area contributed by atoms with Crippen LogP contribution in [0, 0.1) is 0 Å². The molecule has 3 aromatic rings. The zero-order valence-corrected chi connectivity index (χ0v) is 12.4. The Kier molecular flexibility index (Phi) is 3.82. The van der Waals surface area contributed by atoms with E-state index in [0.29, 0.717) is 10.7 Å². The smallest absolute Gasteiger partial charge is 0.244 e. The monoisotopic (exact) mass is 319 g/mol. The summed E-state index contributed by atoms with van der Waals surface area (Å²) in [5, 5.41) is 3.54. The van der Waals surface area contributed by atoms with E-state index in [9.17, 15) is 4.79 Å². The van der Waals surface area contributed by atoms with Gasteiger partial charge < -0.3 is 9.88 Å². The highest BCUT2D eigenvalue weighted by atomic mass is 35.5. The Labute approximate surface area is 131 Å². The van der Waals surface area contributed by atoms with Gasteiger partial charge in [-0.05, 0) is 35.9 Å². The molecule has 0 saturated heterocycles. The van der Waals surface area contributed by atoms with Crippen molar-refractivity contribution < 1.29 is 4.79 Å². The third-order valence-electron chi connectivity index (χ3n) is 3.06. The summed E-state index contributed by atoms with van der Waals surface area (Å²) in [5.74, 6) is -0.215. The molecule has 6 heteroatoms. The third-order valence-corrected chi connectivity index (χ3v) is 3.68. The largest absolute Gasteiger partial charge is 0.323 e. The van der Waals surface area contributed by atoms with Gasteiger partial charge >= 0.3 is 0 Å². The highest BCUT2D eigenvalue weighted by Crippen LogP contribution is 2.22. The summed E-state index contributed by atoms with van der Waals surface area (Å²) in [4.78, 5) is 16.4. The summed E-state index contributed by atoms with van der Waals surface area (Å²) in [6.07, 6.45) is 0. The van der Waals surface area contributed by atoms with Crippen molar-refractivity contribution in [1.82, 2.24) is 9.55 Å². The van der Waals surface area contributed by atoms with E-state index in [1.54, 1.807) is 28.8 Å². The predicted octanol–water partition coefficient (Wildman–Crippen LogP) is 3.98. The van der Waals surface area contributed by atoms with Crippen LogP contribution in [-0.2, 0) is 11.3 Å². The van der Waals surface area contributed by atoms with Gasteiger partial charge in [0.05, 0.1) is 21.7 Å². The number of anilines is 1. The van der Waals surface area contributed by atoms with Crippen molar-refractivity contribution in [2.75, 3.05) is 5.32 Å². The van der Waals surface area contributed by atoms with Gasteiger partial charge in [-0.25, -0.2) is 4.98 Å². The fourth-order valence-electron chi connectivity index (χ4n) is 2.09. The molecule has 1 amide bonds. The number of amides is 1. The standard InChI is InChI=1S/C15H11Cl2N3O/c16-10-5-1-2-6-11(10)18-14(21)9-20-13-8-4-3-7-12(13)19-15(20)17/h1-8H,9H2,(H,18,21). The van der Waals surface area contributed by atoms with Crippen molar-refractivity contribution >= 4 is 45.8 Å². The molecule has 0 saturated carbocycles. The molecule has 2 aromatic carbocycles. The molecule has 21 heavy (non-hydrogen) atoms. The lowest BCUT2D eigenvalue weighted by molar-refractivity contribution is -0.116. The zero-order chi connectivity index (χ0) is 14.8. The first-order chi connectivity index (χ1) is 10.1. The summed E-state index contributed by atoms with van der Waals surface area (Å²) < 4.78 is 1.66. The van der Waals surface area contributed by atoms with Gasteiger partial charge in [0.25, 0.3) is 0 Å². The minimum atomic E-state index is -0.215. The normalized spacial score (nSPS) is 10.8. The topological polar surface area (TPSA) is 46.9 Å². The second kappa shape index (κ2) is 5.76. The van der Waals surface area contributed by atoms with Gasteiger partial charge in [-0.3, -0.25) is 4.79 Å². The quantitative estimate of drug-likeness (QED) is 0.793. The number of nitrogens with one attached hydrogen (secondary N) is 1. The van der Waals surface area contributed by atoms with Gasteiger partial charge in [-0.2, -0.15) is 0 Å². The van der Waals surface area contributed by atoms with E-state index in [4.69, 9.17) is 23.2 Å². The molecular formula is C15H11Cl2N3O. The first-order valence-electron chi connectivity index (χ1n) is 6.30. The first-order valence-corrected chi connectivity index (χ1v) is 7.06. The molecule has 1 heterocycles. The number of hydrogen-bond acceptors (Lipinski definition) is 2. The van der Waals surface area contributed by atoms with Crippen LogP contribution in [0.25, 0.3) is 11.0 Å². The van der Waals surface area contributed by atoms with E-state index >= 15 is 0 Å².